The first-order valence-corrected chi connectivity index (χ1v) is 6.98. The molecular weight excluding hydrogens is 278 g/mol. The second-order valence-corrected chi connectivity index (χ2v) is 5.81. The maximum absolute atomic E-state index is 5.47. The summed E-state index contributed by atoms with van der Waals surface area (Å²) in [6.07, 6.45) is 1.09. The first-order valence-electron chi connectivity index (χ1n) is 6.19. The number of rotatable bonds is 2. The van der Waals surface area contributed by atoms with Gasteiger partial charge in [0.15, 0.2) is 0 Å². The number of hydrogen-bond acceptors (Lipinski definition) is 2. The van der Waals surface area contributed by atoms with Crippen molar-refractivity contribution < 1.29 is 4.74 Å². The largest absolute Gasteiger partial charge is 0.382 e. The van der Waals surface area contributed by atoms with Crippen LogP contribution in [0.5, 0.6) is 0 Å². The Kier molecular flexibility index (Phi) is 4.10. The van der Waals surface area contributed by atoms with E-state index in [4.69, 9.17) is 4.74 Å². The van der Waals surface area contributed by atoms with Gasteiger partial charge in [-0.2, -0.15) is 0 Å². The summed E-state index contributed by atoms with van der Waals surface area (Å²) in [5.74, 6) is 0.577. The fraction of sp³-hybridized carbons (Fsp3) is 0.571. The third kappa shape index (κ3) is 3.02. The summed E-state index contributed by atoms with van der Waals surface area (Å²) < 4.78 is 6.68. The van der Waals surface area contributed by atoms with Crippen molar-refractivity contribution in [3.63, 3.8) is 0 Å². The van der Waals surface area contributed by atoms with Crippen molar-refractivity contribution in [1.29, 1.82) is 0 Å². The van der Waals surface area contributed by atoms with Gasteiger partial charge in [0.1, 0.15) is 0 Å². The fourth-order valence-corrected chi connectivity index (χ4v) is 2.57. The van der Waals surface area contributed by atoms with Crippen molar-refractivity contribution in [3.05, 3.63) is 27.7 Å². The predicted octanol–water partition coefficient (Wildman–Crippen LogP) is 3.90. The van der Waals surface area contributed by atoms with Gasteiger partial charge in [-0.05, 0) is 49.4 Å². The molecule has 2 nitrogen and oxygen atoms in total. The molecule has 17 heavy (non-hydrogen) atoms. The van der Waals surface area contributed by atoms with Crippen LogP contribution in [-0.4, -0.2) is 19.3 Å². The molecule has 1 aromatic rings. The van der Waals surface area contributed by atoms with Gasteiger partial charge in [0.25, 0.3) is 0 Å². The van der Waals surface area contributed by atoms with Gasteiger partial charge in [0.05, 0.1) is 6.61 Å². The van der Waals surface area contributed by atoms with Crippen LogP contribution in [0.2, 0.25) is 0 Å². The van der Waals surface area contributed by atoms with Gasteiger partial charge < -0.3 is 10.1 Å². The van der Waals surface area contributed by atoms with Crippen LogP contribution >= 0.6 is 15.9 Å². The lowest BCUT2D eigenvalue weighted by Crippen LogP contribution is -2.35. The first kappa shape index (κ1) is 12.9. The van der Waals surface area contributed by atoms with E-state index < -0.39 is 0 Å². The second kappa shape index (κ2) is 5.40. The number of halogens is 1. The molecule has 1 aliphatic heterocycles. The fourth-order valence-electron chi connectivity index (χ4n) is 2.34. The van der Waals surface area contributed by atoms with Crippen LogP contribution < -0.4 is 5.32 Å². The van der Waals surface area contributed by atoms with Crippen LogP contribution in [0.15, 0.2) is 16.6 Å². The van der Waals surface area contributed by atoms with Gasteiger partial charge in [-0.3, -0.25) is 0 Å². The standard InChI is InChI=1S/C14H20BrNO/c1-9-6-12(7-10(2)14(9)15)16-13-4-5-17-8-11(13)3/h6-7,11,13,16H,4-5,8H2,1-3H3. The van der Waals surface area contributed by atoms with Gasteiger partial charge in [-0.25, -0.2) is 0 Å². The van der Waals surface area contributed by atoms with E-state index in [0.717, 1.165) is 19.6 Å². The molecular formula is C14H20BrNO. The molecule has 1 fully saturated rings. The summed E-state index contributed by atoms with van der Waals surface area (Å²) in [7, 11) is 0. The molecule has 3 heteroatoms. The number of anilines is 1. The molecule has 0 amide bonds. The molecule has 2 atom stereocenters. The molecule has 0 aromatic heterocycles. The third-order valence-corrected chi connectivity index (χ3v) is 4.68. The lowest BCUT2D eigenvalue weighted by Gasteiger charge is -2.30. The van der Waals surface area contributed by atoms with Gasteiger partial charge in [0.2, 0.25) is 0 Å². The molecule has 1 aromatic carbocycles. The van der Waals surface area contributed by atoms with Crippen LogP contribution in [0.3, 0.4) is 0 Å². The van der Waals surface area contributed by atoms with Crippen LogP contribution in [0.1, 0.15) is 24.5 Å². The zero-order chi connectivity index (χ0) is 12.4. The SMILES string of the molecule is Cc1cc(NC2CCOCC2C)cc(C)c1Br. The third-order valence-electron chi connectivity index (χ3n) is 3.43. The Hall–Kier alpha value is -0.540. The monoisotopic (exact) mass is 297 g/mol. The molecule has 1 heterocycles. The minimum absolute atomic E-state index is 0.531. The van der Waals surface area contributed by atoms with Gasteiger partial charge >= 0.3 is 0 Å². The lowest BCUT2D eigenvalue weighted by atomic mass is 9.97. The molecule has 0 aliphatic carbocycles. The Morgan fingerprint density at radius 3 is 2.53 bits per heavy atom. The highest BCUT2D eigenvalue weighted by atomic mass is 79.9. The van der Waals surface area contributed by atoms with Crippen molar-refractivity contribution in [2.75, 3.05) is 18.5 Å². The lowest BCUT2D eigenvalue weighted by molar-refractivity contribution is 0.0538. The Morgan fingerprint density at radius 2 is 1.94 bits per heavy atom. The smallest absolute Gasteiger partial charge is 0.0511 e. The Labute approximate surface area is 112 Å². The number of benzene rings is 1. The van der Waals surface area contributed by atoms with E-state index in [1.807, 2.05) is 0 Å². The maximum Gasteiger partial charge on any atom is 0.0511 e. The minimum atomic E-state index is 0.531. The van der Waals surface area contributed by atoms with Crippen molar-refractivity contribution in [2.24, 2.45) is 5.92 Å². The van der Waals surface area contributed by atoms with E-state index in [2.05, 4.69) is 54.2 Å². The van der Waals surface area contributed by atoms with Crippen molar-refractivity contribution in [1.82, 2.24) is 0 Å². The van der Waals surface area contributed by atoms with Crippen LogP contribution in [0.4, 0.5) is 5.69 Å². The normalized spacial score (nSPS) is 24.7. The Balaban J connectivity index is 2.12. The summed E-state index contributed by atoms with van der Waals surface area (Å²) in [5.41, 5.74) is 3.79. The highest BCUT2D eigenvalue weighted by Gasteiger charge is 2.21. The van der Waals surface area contributed by atoms with Gasteiger partial charge in [-0.1, -0.05) is 22.9 Å². The average Bonchev–Trinajstić information content (AvgIpc) is 2.29. The second-order valence-electron chi connectivity index (χ2n) is 5.02. The summed E-state index contributed by atoms with van der Waals surface area (Å²) in [5, 5.41) is 3.64. The van der Waals surface area contributed by atoms with Crippen LogP contribution in [0, 0.1) is 19.8 Å². The zero-order valence-electron chi connectivity index (χ0n) is 10.7. The van der Waals surface area contributed by atoms with Crippen LogP contribution in [0.25, 0.3) is 0 Å². The molecule has 0 bridgehead atoms. The minimum Gasteiger partial charge on any atom is -0.382 e. The zero-order valence-corrected chi connectivity index (χ0v) is 12.3. The quantitative estimate of drug-likeness (QED) is 0.894. The Morgan fingerprint density at radius 1 is 1.29 bits per heavy atom. The van der Waals surface area contributed by atoms with Crippen molar-refractivity contribution in [2.45, 2.75) is 33.2 Å². The highest BCUT2D eigenvalue weighted by Crippen LogP contribution is 2.27. The molecule has 1 N–H and O–H groups in total. The molecule has 1 aliphatic rings. The Bertz CT molecular complexity index is 382. The molecule has 1 saturated heterocycles. The van der Waals surface area contributed by atoms with Gasteiger partial charge in [0, 0.05) is 22.8 Å². The summed E-state index contributed by atoms with van der Waals surface area (Å²) >= 11 is 3.60. The molecule has 0 radical (unpaired) electrons. The number of ether oxygens (including phenoxy) is 1. The molecule has 2 rings (SSSR count). The summed E-state index contributed by atoms with van der Waals surface area (Å²) in [6.45, 7) is 8.25. The number of hydrogen-bond donors (Lipinski definition) is 1. The van der Waals surface area contributed by atoms with Crippen molar-refractivity contribution in [3.8, 4) is 0 Å². The molecule has 0 spiro atoms. The van der Waals surface area contributed by atoms with E-state index in [0.29, 0.717) is 12.0 Å². The average molecular weight is 298 g/mol. The van der Waals surface area contributed by atoms with E-state index in [9.17, 15) is 0 Å². The highest BCUT2D eigenvalue weighted by molar-refractivity contribution is 9.10. The molecule has 2 unspecified atom stereocenters. The molecule has 0 saturated carbocycles. The summed E-state index contributed by atoms with van der Waals surface area (Å²) in [6, 6.07) is 4.95. The number of nitrogens with one attached hydrogen (secondary N) is 1. The van der Waals surface area contributed by atoms with Gasteiger partial charge in [-0.15, -0.1) is 0 Å². The number of aryl methyl sites for hydroxylation is 2. The van der Waals surface area contributed by atoms with E-state index >= 15 is 0 Å². The predicted molar refractivity (Wildman–Crippen MR) is 75.6 cm³/mol. The summed E-state index contributed by atoms with van der Waals surface area (Å²) in [4.78, 5) is 0. The topological polar surface area (TPSA) is 21.3 Å². The van der Waals surface area contributed by atoms with E-state index in [1.165, 1.54) is 21.3 Å². The van der Waals surface area contributed by atoms with E-state index in [1.54, 1.807) is 0 Å². The molecule has 94 valence electrons. The van der Waals surface area contributed by atoms with E-state index in [-0.39, 0.29) is 0 Å². The maximum atomic E-state index is 5.47. The first-order chi connectivity index (χ1) is 8.08. The van der Waals surface area contributed by atoms with Crippen molar-refractivity contribution >= 4 is 21.6 Å². The van der Waals surface area contributed by atoms with Crippen LogP contribution in [-0.2, 0) is 4.74 Å².